The summed E-state index contributed by atoms with van der Waals surface area (Å²) in [5.41, 5.74) is -2.13. The van der Waals surface area contributed by atoms with E-state index in [1.165, 1.54) is 12.1 Å². The molecule has 0 aliphatic heterocycles. The summed E-state index contributed by atoms with van der Waals surface area (Å²) in [6.45, 7) is 1.54. The van der Waals surface area contributed by atoms with Crippen LogP contribution in [-0.2, 0) is 0 Å². The Morgan fingerprint density at radius 1 is 0.750 bits per heavy atom. The van der Waals surface area contributed by atoms with Crippen LogP contribution < -0.4 is 0 Å². The minimum absolute atomic E-state index is 0.0692. The van der Waals surface area contributed by atoms with Crippen molar-refractivity contribution in [2.75, 3.05) is 0 Å². The van der Waals surface area contributed by atoms with Crippen LogP contribution in [0.25, 0.3) is 11.1 Å². The first kappa shape index (κ1) is 15.2. The van der Waals surface area contributed by atoms with Gasteiger partial charge in [0.15, 0.2) is 5.78 Å². The summed E-state index contributed by atoms with van der Waals surface area (Å²) in [6.07, 6.45) is 0. The molecule has 120 valence electrons. The SMILES string of the molecule is Cc1cc2c(c([N+](=O)[O-])c1)-c1c(cc([N+](=O)[O-])cc1[N+](=O)[O-])C2=O. The Morgan fingerprint density at radius 2 is 1.25 bits per heavy atom. The molecule has 2 aromatic rings. The van der Waals surface area contributed by atoms with E-state index in [-0.39, 0.29) is 22.3 Å². The van der Waals surface area contributed by atoms with Crippen molar-refractivity contribution in [2.45, 2.75) is 6.92 Å². The molecule has 0 N–H and O–H groups in total. The maximum absolute atomic E-state index is 12.5. The predicted octanol–water partition coefficient (Wildman–Crippen LogP) is 2.93. The monoisotopic (exact) mass is 329 g/mol. The molecule has 0 atom stereocenters. The maximum atomic E-state index is 12.5. The van der Waals surface area contributed by atoms with E-state index in [2.05, 4.69) is 0 Å². The number of carbonyl (C=O) groups excluding carboxylic acids is 1. The average molecular weight is 329 g/mol. The third-order valence-electron chi connectivity index (χ3n) is 3.71. The van der Waals surface area contributed by atoms with Crippen molar-refractivity contribution >= 4 is 22.8 Å². The number of hydrogen-bond acceptors (Lipinski definition) is 7. The fraction of sp³-hybridized carbons (Fsp3) is 0.0714. The molecule has 0 aromatic heterocycles. The van der Waals surface area contributed by atoms with Gasteiger partial charge in [0.1, 0.15) is 0 Å². The molecule has 10 nitrogen and oxygen atoms in total. The second-order valence-corrected chi connectivity index (χ2v) is 5.19. The van der Waals surface area contributed by atoms with E-state index in [4.69, 9.17) is 0 Å². The van der Waals surface area contributed by atoms with E-state index >= 15 is 0 Å². The van der Waals surface area contributed by atoms with Gasteiger partial charge < -0.3 is 0 Å². The first-order valence-corrected chi connectivity index (χ1v) is 6.53. The van der Waals surface area contributed by atoms with Crippen molar-refractivity contribution in [2.24, 2.45) is 0 Å². The molecule has 0 radical (unpaired) electrons. The second-order valence-electron chi connectivity index (χ2n) is 5.19. The van der Waals surface area contributed by atoms with E-state index in [9.17, 15) is 35.1 Å². The molecule has 0 spiro atoms. The van der Waals surface area contributed by atoms with E-state index in [0.29, 0.717) is 11.6 Å². The number of non-ortho nitro benzene ring substituents is 1. The first-order valence-electron chi connectivity index (χ1n) is 6.53. The second kappa shape index (κ2) is 4.91. The first-order chi connectivity index (χ1) is 11.2. The van der Waals surface area contributed by atoms with Gasteiger partial charge >= 0.3 is 0 Å². The Morgan fingerprint density at radius 3 is 1.75 bits per heavy atom. The van der Waals surface area contributed by atoms with Crippen LogP contribution in [-0.4, -0.2) is 20.6 Å². The number of aryl methyl sites for hydroxylation is 1. The lowest BCUT2D eigenvalue weighted by atomic mass is 10.00. The number of hydrogen-bond donors (Lipinski definition) is 0. The number of rotatable bonds is 3. The predicted molar refractivity (Wildman–Crippen MR) is 80.0 cm³/mol. The number of benzene rings is 2. The molecule has 0 fully saturated rings. The van der Waals surface area contributed by atoms with Crippen molar-refractivity contribution in [1.82, 2.24) is 0 Å². The number of nitro groups is 3. The molecule has 0 saturated heterocycles. The van der Waals surface area contributed by atoms with Crippen molar-refractivity contribution in [3.8, 4) is 11.1 Å². The number of ketones is 1. The lowest BCUT2D eigenvalue weighted by Crippen LogP contribution is -1.99. The van der Waals surface area contributed by atoms with Crippen LogP contribution in [0.3, 0.4) is 0 Å². The molecule has 0 heterocycles. The number of nitro benzene ring substituents is 3. The summed E-state index contributed by atoms with van der Waals surface area (Å²) in [7, 11) is 0. The smallest absolute Gasteiger partial charge is 0.285 e. The summed E-state index contributed by atoms with van der Waals surface area (Å²) < 4.78 is 0. The molecule has 1 aliphatic carbocycles. The van der Waals surface area contributed by atoms with Gasteiger partial charge in [-0.3, -0.25) is 35.1 Å². The summed E-state index contributed by atoms with van der Waals surface area (Å²) in [6, 6.07) is 4.18. The zero-order valence-electron chi connectivity index (χ0n) is 12.0. The largest absolute Gasteiger partial charge is 0.289 e. The minimum atomic E-state index is -0.891. The summed E-state index contributed by atoms with van der Waals surface area (Å²) >= 11 is 0. The summed E-state index contributed by atoms with van der Waals surface area (Å²) in [5.74, 6) is -0.710. The Hall–Kier alpha value is -3.69. The Kier molecular flexibility index (Phi) is 3.11. The van der Waals surface area contributed by atoms with E-state index in [1.807, 2.05) is 0 Å². The van der Waals surface area contributed by atoms with Gasteiger partial charge in [-0.2, -0.15) is 0 Å². The van der Waals surface area contributed by atoms with Crippen molar-refractivity contribution in [3.63, 3.8) is 0 Å². The number of nitrogens with zero attached hydrogens (tertiary/aromatic N) is 3. The fourth-order valence-electron chi connectivity index (χ4n) is 2.80. The van der Waals surface area contributed by atoms with Gasteiger partial charge in [-0.25, -0.2) is 0 Å². The van der Waals surface area contributed by atoms with Gasteiger partial charge in [0.2, 0.25) is 0 Å². The standard InChI is InChI=1S/C14H7N3O7/c1-6-2-8-12(10(3-6)16(21)22)13-9(14(8)18)4-7(15(19)20)5-11(13)17(23)24/h2-5H,1H3. The normalized spacial score (nSPS) is 11.8. The fourth-order valence-corrected chi connectivity index (χ4v) is 2.80. The molecule has 10 heteroatoms. The van der Waals surface area contributed by atoms with Crippen molar-refractivity contribution in [3.05, 3.63) is 71.3 Å². The molecule has 3 rings (SSSR count). The molecular formula is C14H7N3O7. The lowest BCUT2D eigenvalue weighted by Gasteiger charge is -2.04. The third kappa shape index (κ3) is 2.00. The zero-order chi connectivity index (χ0) is 17.8. The highest BCUT2D eigenvalue weighted by Crippen LogP contribution is 2.48. The molecule has 0 bridgehead atoms. The van der Waals surface area contributed by atoms with Crippen LogP contribution in [0.15, 0.2) is 24.3 Å². The summed E-state index contributed by atoms with van der Waals surface area (Å²) in [5, 5.41) is 33.6. The van der Waals surface area contributed by atoms with Gasteiger partial charge in [-0.05, 0) is 18.6 Å². The van der Waals surface area contributed by atoms with E-state index in [1.54, 1.807) is 6.92 Å². The van der Waals surface area contributed by atoms with Gasteiger partial charge in [-0.1, -0.05) is 0 Å². The lowest BCUT2D eigenvalue weighted by molar-refractivity contribution is -0.394. The minimum Gasteiger partial charge on any atom is -0.289 e. The highest BCUT2D eigenvalue weighted by atomic mass is 16.6. The van der Waals surface area contributed by atoms with Gasteiger partial charge in [0, 0.05) is 23.3 Å². The highest BCUT2D eigenvalue weighted by Gasteiger charge is 2.40. The van der Waals surface area contributed by atoms with E-state index < -0.39 is 37.6 Å². The average Bonchev–Trinajstić information content (AvgIpc) is 2.78. The number of carbonyl (C=O) groups is 1. The van der Waals surface area contributed by atoms with Crippen molar-refractivity contribution < 1.29 is 19.6 Å². The van der Waals surface area contributed by atoms with E-state index in [0.717, 1.165) is 6.07 Å². The van der Waals surface area contributed by atoms with Crippen LogP contribution in [0.5, 0.6) is 0 Å². The quantitative estimate of drug-likeness (QED) is 0.530. The van der Waals surface area contributed by atoms with Gasteiger partial charge in [0.25, 0.3) is 17.1 Å². The topological polar surface area (TPSA) is 146 Å². The highest BCUT2D eigenvalue weighted by molar-refractivity contribution is 6.25. The summed E-state index contributed by atoms with van der Waals surface area (Å²) in [4.78, 5) is 43.6. The van der Waals surface area contributed by atoms with Crippen LogP contribution in [0.4, 0.5) is 17.1 Å². The Bertz CT molecular complexity index is 981. The van der Waals surface area contributed by atoms with Crippen LogP contribution in [0.2, 0.25) is 0 Å². The van der Waals surface area contributed by atoms with Crippen molar-refractivity contribution in [1.29, 1.82) is 0 Å². The molecular weight excluding hydrogens is 322 g/mol. The van der Waals surface area contributed by atoms with Crippen LogP contribution in [0.1, 0.15) is 21.5 Å². The molecule has 0 saturated carbocycles. The van der Waals surface area contributed by atoms with Crippen LogP contribution >= 0.6 is 0 Å². The zero-order valence-corrected chi connectivity index (χ0v) is 12.0. The Labute approximate surface area is 132 Å². The van der Waals surface area contributed by atoms with Crippen LogP contribution in [0, 0.1) is 37.3 Å². The third-order valence-corrected chi connectivity index (χ3v) is 3.71. The number of fused-ring (bicyclic) bond motifs is 3. The molecule has 24 heavy (non-hydrogen) atoms. The Balaban J connectivity index is 2.48. The molecule has 2 aromatic carbocycles. The molecule has 1 aliphatic rings. The van der Waals surface area contributed by atoms with Gasteiger partial charge in [-0.15, -0.1) is 0 Å². The van der Waals surface area contributed by atoms with Gasteiger partial charge in [0.05, 0.1) is 32.0 Å². The molecule has 0 amide bonds. The molecule has 0 unspecified atom stereocenters. The maximum Gasteiger partial charge on any atom is 0.285 e.